The molecule has 21 heavy (non-hydrogen) atoms. The van der Waals surface area contributed by atoms with Crippen LogP contribution in [0.25, 0.3) is 11.4 Å². The summed E-state index contributed by atoms with van der Waals surface area (Å²) in [5, 5.41) is 19.3. The van der Waals surface area contributed by atoms with Gasteiger partial charge in [0.1, 0.15) is 5.82 Å². The molecule has 2 rings (SSSR count). The second-order valence-corrected chi connectivity index (χ2v) is 4.76. The fraction of sp³-hybridized carbons (Fsp3) is 0.385. The summed E-state index contributed by atoms with van der Waals surface area (Å²) < 4.78 is 6.80. The van der Waals surface area contributed by atoms with Crippen LogP contribution in [0, 0.1) is 17.0 Å². The lowest BCUT2D eigenvalue weighted by Gasteiger charge is -2.09. The molecule has 0 bridgehead atoms. The van der Waals surface area contributed by atoms with Crippen LogP contribution >= 0.6 is 11.6 Å². The van der Waals surface area contributed by atoms with Crippen LogP contribution in [0.15, 0.2) is 18.2 Å². The maximum Gasteiger partial charge on any atom is 0.280 e. The minimum Gasteiger partial charge on any atom is -0.383 e. The summed E-state index contributed by atoms with van der Waals surface area (Å²) >= 11 is 5.85. The average Bonchev–Trinajstić information content (AvgIpc) is 2.87. The number of nitro benzene ring substituents is 1. The van der Waals surface area contributed by atoms with Crippen LogP contribution in [-0.2, 0) is 17.2 Å². The number of hydrogen-bond acceptors (Lipinski definition) is 5. The van der Waals surface area contributed by atoms with Crippen molar-refractivity contribution in [1.82, 2.24) is 14.8 Å². The fourth-order valence-electron chi connectivity index (χ4n) is 2.04. The Morgan fingerprint density at radius 1 is 1.43 bits per heavy atom. The van der Waals surface area contributed by atoms with Gasteiger partial charge in [-0.25, -0.2) is 0 Å². The number of aryl methyl sites for hydroxylation is 1. The average molecular weight is 311 g/mol. The molecule has 8 heteroatoms. The first kappa shape index (κ1) is 15.4. The molecule has 0 atom stereocenters. The van der Waals surface area contributed by atoms with E-state index in [1.807, 2.05) is 6.92 Å². The number of hydrogen-bond donors (Lipinski definition) is 0. The largest absolute Gasteiger partial charge is 0.383 e. The Morgan fingerprint density at radius 3 is 2.81 bits per heavy atom. The molecule has 1 aromatic carbocycles. The third-order valence-corrected chi connectivity index (χ3v) is 3.29. The van der Waals surface area contributed by atoms with Crippen molar-refractivity contribution < 1.29 is 9.66 Å². The van der Waals surface area contributed by atoms with Gasteiger partial charge in [0.25, 0.3) is 5.69 Å². The summed E-state index contributed by atoms with van der Waals surface area (Å²) in [7, 11) is 1.58. The van der Waals surface area contributed by atoms with E-state index in [4.69, 9.17) is 16.3 Å². The standard InChI is InChI=1S/C13H15ClN4O3/c1-9-3-4-11(18(19)20)10(7-9)13-16-15-12(8-14)17(13)5-6-21-2/h3-4,7H,5-6,8H2,1-2H3. The normalized spacial score (nSPS) is 10.8. The van der Waals surface area contributed by atoms with Gasteiger partial charge in [0.2, 0.25) is 0 Å². The zero-order valence-corrected chi connectivity index (χ0v) is 12.5. The molecule has 0 aliphatic carbocycles. The number of aromatic nitrogens is 3. The van der Waals surface area contributed by atoms with Crippen LogP contribution in [0.1, 0.15) is 11.4 Å². The quantitative estimate of drug-likeness (QED) is 0.465. The van der Waals surface area contributed by atoms with Crippen LogP contribution in [0.2, 0.25) is 0 Å². The lowest BCUT2D eigenvalue weighted by molar-refractivity contribution is -0.384. The first-order valence-corrected chi connectivity index (χ1v) is 6.84. The molecule has 0 unspecified atom stereocenters. The number of methoxy groups -OCH3 is 1. The van der Waals surface area contributed by atoms with Crippen molar-refractivity contribution in [2.24, 2.45) is 0 Å². The molecule has 0 saturated carbocycles. The summed E-state index contributed by atoms with van der Waals surface area (Å²) in [5.41, 5.74) is 1.33. The maximum absolute atomic E-state index is 11.2. The summed E-state index contributed by atoms with van der Waals surface area (Å²) in [4.78, 5) is 10.8. The molecule has 0 aliphatic heterocycles. The fourth-order valence-corrected chi connectivity index (χ4v) is 2.24. The van der Waals surface area contributed by atoms with E-state index in [0.29, 0.717) is 30.4 Å². The number of benzene rings is 1. The van der Waals surface area contributed by atoms with E-state index in [1.165, 1.54) is 6.07 Å². The Labute approximate surface area is 126 Å². The lowest BCUT2D eigenvalue weighted by atomic mass is 10.1. The highest BCUT2D eigenvalue weighted by atomic mass is 35.5. The van der Waals surface area contributed by atoms with E-state index < -0.39 is 4.92 Å². The predicted octanol–water partition coefficient (Wildman–Crippen LogP) is 2.55. The van der Waals surface area contributed by atoms with Crippen molar-refractivity contribution in [1.29, 1.82) is 0 Å². The smallest absolute Gasteiger partial charge is 0.280 e. The molecule has 0 radical (unpaired) electrons. The first-order chi connectivity index (χ1) is 10.1. The number of halogens is 1. The molecule has 1 aromatic heterocycles. The number of ether oxygens (including phenoxy) is 1. The van der Waals surface area contributed by atoms with Gasteiger partial charge < -0.3 is 9.30 Å². The van der Waals surface area contributed by atoms with E-state index in [1.54, 1.807) is 23.8 Å². The van der Waals surface area contributed by atoms with Crippen LogP contribution in [-0.4, -0.2) is 33.4 Å². The second kappa shape index (κ2) is 6.64. The predicted molar refractivity (Wildman–Crippen MR) is 78.3 cm³/mol. The summed E-state index contributed by atoms with van der Waals surface area (Å²) in [5.74, 6) is 1.16. The monoisotopic (exact) mass is 310 g/mol. The van der Waals surface area contributed by atoms with Gasteiger partial charge in [-0.1, -0.05) is 6.07 Å². The van der Waals surface area contributed by atoms with Gasteiger partial charge in [-0.2, -0.15) is 0 Å². The number of alkyl halides is 1. The number of nitrogens with zero attached hydrogens (tertiary/aromatic N) is 4. The highest BCUT2D eigenvalue weighted by Gasteiger charge is 2.22. The van der Waals surface area contributed by atoms with Crippen molar-refractivity contribution in [2.45, 2.75) is 19.3 Å². The molecule has 7 nitrogen and oxygen atoms in total. The Morgan fingerprint density at radius 2 is 2.19 bits per heavy atom. The van der Waals surface area contributed by atoms with Crippen LogP contribution in [0.5, 0.6) is 0 Å². The van der Waals surface area contributed by atoms with Gasteiger partial charge >= 0.3 is 0 Å². The van der Waals surface area contributed by atoms with Gasteiger partial charge in [-0.05, 0) is 18.6 Å². The first-order valence-electron chi connectivity index (χ1n) is 6.31. The van der Waals surface area contributed by atoms with E-state index in [9.17, 15) is 10.1 Å². The molecule has 0 fully saturated rings. The zero-order chi connectivity index (χ0) is 15.4. The Balaban J connectivity index is 2.58. The van der Waals surface area contributed by atoms with E-state index in [-0.39, 0.29) is 11.6 Å². The van der Waals surface area contributed by atoms with Gasteiger partial charge in [0.05, 0.1) is 23.0 Å². The lowest BCUT2D eigenvalue weighted by Crippen LogP contribution is -2.09. The maximum atomic E-state index is 11.2. The van der Waals surface area contributed by atoms with E-state index in [0.717, 1.165) is 5.56 Å². The Bertz CT molecular complexity index is 657. The summed E-state index contributed by atoms with van der Waals surface area (Å²) in [6, 6.07) is 4.89. The van der Waals surface area contributed by atoms with Gasteiger partial charge in [0, 0.05) is 19.7 Å². The number of nitro groups is 1. The van der Waals surface area contributed by atoms with Crippen LogP contribution < -0.4 is 0 Å². The SMILES string of the molecule is COCCn1c(CCl)nnc1-c1cc(C)ccc1[N+](=O)[O-]. The topological polar surface area (TPSA) is 83.1 Å². The molecule has 0 saturated heterocycles. The van der Waals surface area contributed by atoms with Crippen LogP contribution in [0.3, 0.4) is 0 Å². The molecule has 2 aromatic rings. The summed E-state index contributed by atoms with van der Waals surface area (Å²) in [6.45, 7) is 2.78. The molecule has 1 heterocycles. The molecule has 0 aliphatic rings. The molecular formula is C13H15ClN4O3. The molecule has 0 spiro atoms. The van der Waals surface area contributed by atoms with E-state index >= 15 is 0 Å². The van der Waals surface area contributed by atoms with Crippen LogP contribution in [0.4, 0.5) is 5.69 Å². The molecule has 112 valence electrons. The van der Waals surface area contributed by atoms with Crippen molar-refractivity contribution in [3.8, 4) is 11.4 Å². The van der Waals surface area contributed by atoms with Gasteiger partial charge in [-0.15, -0.1) is 21.8 Å². The van der Waals surface area contributed by atoms with Gasteiger partial charge in [-0.3, -0.25) is 10.1 Å². The summed E-state index contributed by atoms with van der Waals surface area (Å²) in [6.07, 6.45) is 0. The number of rotatable bonds is 6. The second-order valence-electron chi connectivity index (χ2n) is 4.50. The van der Waals surface area contributed by atoms with Crippen molar-refractivity contribution in [3.63, 3.8) is 0 Å². The van der Waals surface area contributed by atoms with Gasteiger partial charge in [0.15, 0.2) is 5.82 Å². The highest BCUT2D eigenvalue weighted by Crippen LogP contribution is 2.30. The molecule has 0 N–H and O–H groups in total. The molecular weight excluding hydrogens is 296 g/mol. The Kier molecular flexibility index (Phi) is 4.87. The van der Waals surface area contributed by atoms with E-state index in [2.05, 4.69) is 10.2 Å². The van der Waals surface area contributed by atoms with Crippen molar-refractivity contribution in [3.05, 3.63) is 39.7 Å². The minimum atomic E-state index is -0.426. The molecule has 0 amide bonds. The minimum absolute atomic E-state index is 0.00668. The third kappa shape index (κ3) is 3.20. The van der Waals surface area contributed by atoms with Crippen molar-refractivity contribution in [2.75, 3.05) is 13.7 Å². The van der Waals surface area contributed by atoms with Crippen molar-refractivity contribution >= 4 is 17.3 Å². The highest BCUT2D eigenvalue weighted by molar-refractivity contribution is 6.16. The Hall–Kier alpha value is -1.99. The third-order valence-electron chi connectivity index (χ3n) is 3.06. The zero-order valence-electron chi connectivity index (χ0n) is 11.7.